The molecule has 28 heavy (non-hydrogen) atoms. The first kappa shape index (κ1) is 21.1. The van der Waals surface area contributed by atoms with Crippen LogP contribution in [0.25, 0.3) is 0 Å². The number of ether oxygens (including phenoxy) is 2. The Morgan fingerprint density at radius 3 is 2.43 bits per heavy atom. The predicted molar refractivity (Wildman–Crippen MR) is 103 cm³/mol. The molecule has 0 saturated carbocycles. The molecule has 0 spiro atoms. The molecule has 0 radical (unpaired) electrons. The Hall–Kier alpha value is -3.22. The molecule has 1 atom stereocenters. The van der Waals surface area contributed by atoms with Gasteiger partial charge in [-0.15, -0.1) is 0 Å². The number of hydrogen-bond acceptors (Lipinski definition) is 6. The second kappa shape index (κ2) is 11.5. The smallest absolute Gasteiger partial charge is 0.408 e. The number of carbonyl (C=O) groups excluding carboxylic acids is 3. The Kier molecular flexibility index (Phi) is 8.65. The van der Waals surface area contributed by atoms with Gasteiger partial charge in [-0.1, -0.05) is 56.2 Å². The van der Waals surface area contributed by atoms with Crippen molar-refractivity contribution in [2.75, 3.05) is 6.61 Å². The van der Waals surface area contributed by atoms with Crippen molar-refractivity contribution in [3.05, 3.63) is 66.0 Å². The molecule has 2 rings (SSSR count). The lowest BCUT2D eigenvalue weighted by molar-refractivity contribution is -0.144. The minimum absolute atomic E-state index is 0.0166. The fourth-order valence-electron chi connectivity index (χ4n) is 2.38. The number of amides is 1. The van der Waals surface area contributed by atoms with Crippen LogP contribution in [0.3, 0.4) is 0 Å². The van der Waals surface area contributed by atoms with Gasteiger partial charge in [-0.25, -0.2) is 9.59 Å². The van der Waals surface area contributed by atoms with E-state index < -0.39 is 23.9 Å². The molecule has 1 unspecified atom stereocenters. The van der Waals surface area contributed by atoms with E-state index in [0.29, 0.717) is 6.42 Å². The number of nitrogens with one attached hydrogen (secondary N) is 1. The summed E-state index contributed by atoms with van der Waals surface area (Å²) in [5.74, 6) is -1.49. The lowest BCUT2D eigenvalue weighted by atomic mass is 10.1. The number of hydrogen-bond donors (Lipinski definition) is 1. The molecule has 7 heteroatoms. The first-order valence-corrected chi connectivity index (χ1v) is 9.21. The van der Waals surface area contributed by atoms with Crippen molar-refractivity contribution in [2.45, 2.75) is 38.8 Å². The summed E-state index contributed by atoms with van der Waals surface area (Å²) < 4.78 is 10.3. The summed E-state index contributed by atoms with van der Waals surface area (Å²) in [5.41, 5.74) is 0.841. The first-order valence-electron chi connectivity index (χ1n) is 9.21. The number of rotatable bonds is 10. The quantitative estimate of drug-likeness (QED) is 0.292. The molecule has 0 aliphatic heterocycles. The lowest BCUT2D eigenvalue weighted by Gasteiger charge is -2.16. The number of esters is 1. The lowest BCUT2D eigenvalue weighted by Crippen LogP contribution is -2.47. The monoisotopic (exact) mass is 384 g/mol. The zero-order valence-corrected chi connectivity index (χ0v) is 15.8. The number of ketones is 1. The van der Waals surface area contributed by atoms with Crippen LogP contribution in [0.1, 0.15) is 42.2 Å². The maximum absolute atomic E-state index is 12.7. The third-order valence-electron chi connectivity index (χ3n) is 3.88. The highest BCUT2D eigenvalue weighted by atomic mass is 16.6. The molecular formula is C21H24N2O5. The third kappa shape index (κ3) is 6.83. The van der Waals surface area contributed by atoms with Gasteiger partial charge in [-0.2, -0.15) is 0 Å². The van der Waals surface area contributed by atoms with Gasteiger partial charge in [0.15, 0.2) is 6.04 Å². The predicted octanol–water partition coefficient (Wildman–Crippen LogP) is 3.29. The molecule has 0 bridgehead atoms. The fraction of sp³-hybridized carbons (Fsp3) is 0.333. The molecule has 1 amide bonds. The van der Waals surface area contributed by atoms with Crippen LogP contribution >= 0.6 is 0 Å². The molecule has 1 N–H and O–H groups in total. The summed E-state index contributed by atoms with van der Waals surface area (Å²) in [6.45, 7) is 2.22. The molecule has 0 aliphatic rings. The van der Waals surface area contributed by atoms with E-state index in [1.165, 1.54) is 12.3 Å². The van der Waals surface area contributed by atoms with E-state index in [9.17, 15) is 14.4 Å². The summed E-state index contributed by atoms with van der Waals surface area (Å²) in [6.07, 6.45) is 3.11. The van der Waals surface area contributed by atoms with Crippen molar-refractivity contribution in [1.29, 1.82) is 0 Å². The molecule has 148 valence electrons. The molecule has 0 fully saturated rings. The number of alkyl carbamates (subject to hydrolysis) is 1. The van der Waals surface area contributed by atoms with Gasteiger partial charge in [-0.3, -0.25) is 9.78 Å². The molecule has 1 heterocycles. The van der Waals surface area contributed by atoms with Crippen LogP contribution in [-0.2, 0) is 20.9 Å². The number of pyridine rings is 1. The number of benzene rings is 1. The Bertz CT molecular complexity index is 765. The Labute approximate surface area is 164 Å². The topological polar surface area (TPSA) is 94.6 Å². The van der Waals surface area contributed by atoms with Gasteiger partial charge in [0.25, 0.3) is 0 Å². The largest absolute Gasteiger partial charge is 0.464 e. The third-order valence-corrected chi connectivity index (χ3v) is 3.88. The average Bonchev–Trinajstić information content (AvgIpc) is 2.74. The zero-order valence-electron chi connectivity index (χ0n) is 15.8. The van der Waals surface area contributed by atoms with E-state index in [2.05, 4.69) is 10.3 Å². The minimum atomic E-state index is -1.51. The number of unbranched alkanes of at least 4 members (excludes halogenated alkanes) is 2. The van der Waals surface area contributed by atoms with Gasteiger partial charge in [0.2, 0.25) is 5.78 Å². The summed E-state index contributed by atoms with van der Waals surface area (Å²) >= 11 is 0. The second-order valence-electron chi connectivity index (χ2n) is 6.09. The van der Waals surface area contributed by atoms with Crippen molar-refractivity contribution in [3.8, 4) is 0 Å². The molecule has 1 aromatic heterocycles. The molecular weight excluding hydrogens is 360 g/mol. The maximum atomic E-state index is 12.7. The van der Waals surface area contributed by atoms with Crippen LogP contribution in [0, 0.1) is 0 Å². The van der Waals surface area contributed by atoms with Crippen molar-refractivity contribution in [3.63, 3.8) is 0 Å². The van der Waals surface area contributed by atoms with Crippen molar-refractivity contribution in [2.24, 2.45) is 0 Å². The van der Waals surface area contributed by atoms with E-state index >= 15 is 0 Å². The first-order chi connectivity index (χ1) is 13.6. The van der Waals surface area contributed by atoms with Crippen molar-refractivity contribution in [1.82, 2.24) is 10.3 Å². The van der Waals surface area contributed by atoms with E-state index in [0.717, 1.165) is 18.4 Å². The SMILES string of the molecule is CCCCCOC(=O)C(NC(=O)OCc1ccccc1)C(=O)c1ccccn1. The van der Waals surface area contributed by atoms with Crippen molar-refractivity contribution < 1.29 is 23.9 Å². The summed E-state index contributed by atoms with van der Waals surface area (Å²) in [4.78, 5) is 41.1. The van der Waals surface area contributed by atoms with E-state index in [1.54, 1.807) is 24.3 Å². The van der Waals surface area contributed by atoms with Gasteiger partial charge >= 0.3 is 12.1 Å². The fourth-order valence-corrected chi connectivity index (χ4v) is 2.38. The molecule has 0 aliphatic carbocycles. The molecule has 7 nitrogen and oxygen atoms in total. The number of carbonyl (C=O) groups is 3. The van der Waals surface area contributed by atoms with Crippen LogP contribution in [-0.4, -0.2) is 35.5 Å². The number of nitrogens with zero attached hydrogens (tertiary/aromatic N) is 1. The summed E-state index contributed by atoms with van der Waals surface area (Å²) in [6, 6.07) is 12.3. The van der Waals surface area contributed by atoms with Crippen LogP contribution in [0.15, 0.2) is 54.7 Å². The van der Waals surface area contributed by atoms with E-state index in [1.807, 2.05) is 25.1 Å². The highest BCUT2D eigenvalue weighted by Gasteiger charge is 2.32. The molecule has 0 saturated heterocycles. The van der Waals surface area contributed by atoms with Crippen LogP contribution < -0.4 is 5.32 Å². The maximum Gasteiger partial charge on any atom is 0.408 e. The van der Waals surface area contributed by atoms with Crippen LogP contribution in [0.2, 0.25) is 0 Å². The minimum Gasteiger partial charge on any atom is -0.464 e. The van der Waals surface area contributed by atoms with Crippen LogP contribution in [0.5, 0.6) is 0 Å². The van der Waals surface area contributed by atoms with Gasteiger partial charge in [0, 0.05) is 6.20 Å². The zero-order chi connectivity index (χ0) is 20.2. The van der Waals surface area contributed by atoms with E-state index in [-0.39, 0.29) is 18.9 Å². The number of Topliss-reactive ketones (excluding diaryl/α,β-unsaturated/α-hetero) is 1. The Balaban J connectivity index is 2.01. The highest BCUT2D eigenvalue weighted by molar-refractivity contribution is 6.12. The van der Waals surface area contributed by atoms with Gasteiger partial charge in [0.1, 0.15) is 12.3 Å². The highest BCUT2D eigenvalue weighted by Crippen LogP contribution is 2.06. The van der Waals surface area contributed by atoms with Crippen molar-refractivity contribution >= 4 is 17.8 Å². The van der Waals surface area contributed by atoms with Gasteiger partial charge in [-0.05, 0) is 24.1 Å². The molecule has 2 aromatic rings. The van der Waals surface area contributed by atoms with Crippen LogP contribution in [0.4, 0.5) is 4.79 Å². The Morgan fingerprint density at radius 2 is 1.75 bits per heavy atom. The van der Waals surface area contributed by atoms with Gasteiger partial charge < -0.3 is 14.8 Å². The Morgan fingerprint density at radius 1 is 1.00 bits per heavy atom. The number of aromatic nitrogens is 1. The molecule has 1 aromatic carbocycles. The van der Waals surface area contributed by atoms with Gasteiger partial charge in [0.05, 0.1) is 6.61 Å². The van der Waals surface area contributed by atoms with E-state index in [4.69, 9.17) is 9.47 Å². The average molecular weight is 384 g/mol. The normalized spacial score (nSPS) is 11.3. The summed E-state index contributed by atoms with van der Waals surface area (Å²) in [7, 11) is 0. The standard InChI is InChI=1S/C21H24N2O5/c1-2-3-9-14-27-20(25)18(19(24)17-12-7-8-13-22-17)23-21(26)28-15-16-10-5-4-6-11-16/h4-8,10-13,18H,2-3,9,14-15H2,1H3,(H,23,26). The summed E-state index contributed by atoms with van der Waals surface area (Å²) in [5, 5.41) is 2.30. The second-order valence-corrected chi connectivity index (χ2v) is 6.09.